The Bertz CT molecular complexity index is 568. The Hall–Kier alpha value is -2.74. The van der Waals surface area contributed by atoms with Gasteiger partial charge in [-0.25, -0.2) is 0 Å². The van der Waals surface area contributed by atoms with E-state index in [0.717, 1.165) is 0 Å². The number of amides is 1. The number of carbonyl (C=O) groups is 2. The van der Waals surface area contributed by atoms with Crippen molar-refractivity contribution in [1.29, 1.82) is 0 Å². The predicted octanol–water partition coefficient (Wildman–Crippen LogP) is 0.569. The summed E-state index contributed by atoms with van der Waals surface area (Å²) >= 11 is 0. The molecule has 1 aromatic rings. The highest BCUT2D eigenvalue weighted by molar-refractivity contribution is 5.93. The van der Waals surface area contributed by atoms with Gasteiger partial charge in [-0.1, -0.05) is 18.7 Å². The summed E-state index contributed by atoms with van der Waals surface area (Å²) in [6, 6.07) is 4.52. The van der Waals surface area contributed by atoms with Crippen molar-refractivity contribution in [2.45, 2.75) is 19.0 Å². The molecular formula is C13H15N3O5. The molecule has 112 valence electrons. The highest BCUT2D eigenvalue weighted by atomic mass is 16.6. The van der Waals surface area contributed by atoms with E-state index >= 15 is 0 Å². The smallest absolute Gasteiger partial charge is 0.320 e. The molecule has 0 radical (unpaired) electrons. The molecule has 0 aliphatic carbocycles. The number of carbonyl (C=O) groups excluding carboxylic acids is 1. The summed E-state index contributed by atoms with van der Waals surface area (Å²) in [6.45, 7) is 3.63. The third kappa shape index (κ3) is 5.03. The molecular weight excluding hydrogens is 278 g/mol. The van der Waals surface area contributed by atoms with Gasteiger partial charge in [0.15, 0.2) is 0 Å². The largest absolute Gasteiger partial charge is 0.480 e. The number of carboxylic acids is 1. The van der Waals surface area contributed by atoms with E-state index in [-0.39, 0.29) is 24.2 Å². The van der Waals surface area contributed by atoms with Gasteiger partial charge in [0.25, 0.3) is 5.69 Å². The Morgan fingerprint density at radius 3 is 2.43 bits per heavy atom. The van der Waals surface area contributed by atoms with Crippen molar-refractivity contribution in [1.82, 2.24) is 5.32 Å². The number of nitro groups is 1. The SMILES string of the molecule is C=C(C[C@H](N)C(=O)O)C(=O)NCc1ccc([N+](=O)[O-])cc1. The van der Waals surface area contributed by atoms with Crippen LogP contribution in [0, 0.1) is 10.1 Å². The first-order valence-corrected chi connectivity index (χ1v) is 5.99. The van der Waals surface area contributed by atoms with E-state index in [1.807, 2.05) is 0 Å². The quantitative estimate of drug-likeness (QED) is 0.382. The molecule has 0 saturated heterocycles. The molecule has 0 fully saturated rings. The van der Waals surface area contributed by atoms with Crippen molar-refractivity contribution in [3.63, 3.8) is 0 Å². The van der Waals surface area contributed by atoms with Crippen LogP contribution in [0.1, 0.15) is 12.0 Å². The molecule has 0 spiro atoms. The first-order valence-electron chi connectivity index (χ1n) is 5.99. The lowest BCUT2D eigenvalue weighted by molar-refractivity contribution is -0.384. The number of aliphatic carboxylic acids is 1. The summed E-state index contributed by atoms with van der Waals surface area (Å²) in [5.41, 5.74) is 6.00. The van der Waals surface area contributed by atoms with E-state index in [1.54, 1.807) is 0 Å². The van der Waals surface area contributed by atoms with Crippen LogP contribution < -0.4 is 11.1 Å². The van der Waals surface area contributed by atoms with Crippen LogP contribution in [0.5, 0.6) is 0 Å². The maximum atomic E-state index is 11.7. The summed E-state index contributed by atoms with van der Waals surface area (Å²) in [6.07, 6.45) is -0.151. The highest BCUT2D eigenvalue weighted by Crippen LogP contribution is 2.12. The third-order valence-corrected chi connectivity index (χ3v) is 2.70. The zero-order valence-corrected chi connectivity index (χ0v) is 11.1. The molecule has 4 N–H and O–H groups in total. The van der Waals surface area contributed by atoms with Crippen molar-refractivity contribution in [3.05, 3.63) is 52.1 Å². The minimum Gasteiger partial charge on any atom is -0.480 e. The number of hydrogen-bond donors (Lipinski definition) is 3. The van der Waals surface area contributed by atoms with Crippen molar-refractivity contribution in [2.24, 2.45) is 5.73 Å². The standard InChI is InChI=1S/C13H15N3O5/c1-8(6-11(14)13(18)19)12(17)15-7-9-2-4-10(5-3-9)16(20)21/h2-5,11H,1,6-7,14H2,(H,15,17)(H,18,19)/t11-/m0/s1. The van der Waals surface area contributed by atoms with E-state index in [0.29, 0.717) is 5.56 Å². The summed E-state index contributed by atoms with van der Waals surface area (Å²) in [7, 11) is 0. The fourth-order valence-corrected chi connectivity index (χ4v) is 1.49. The third-order valence-electron chi connectivity index (χ3n) is 2.70. The first kappa shape index (κ1) is 16.3. The van der Waals surface area contributed by atoms with Gasteiger partial charge in [-0.3, -0.25) is 19.7 Å². The van der Waals surface area contributed by atoms with E-state index in [2.05, 4.69) is 11.9 Å². The van der Waals surface area contributed by atoms with Gasteiger partial charge < -0.3 is 16.2 Å². The molecule has 0 unspecified atom stereocenters. The monoisotopic (exact) mass is 293 g/mol. The van der Waals surface area contributed by atoms with E-state index < -0.39 is 22.8 Å². The topological polar surface area (TPSA) is 136 Å². The van der Waals surface area contributed by atoms with Crippen LogP contribution in [-0.2, 0) is 16.1 Å². The number of nitrogens with zero attached hydrogens (tertiary/aromatic N) is 1. The summed E-state index contributed by atoms with van der Waals surface area (Å²) < 4.78 is 0. The van der Waals surface area contributed by atoms with E-state index in [4.69, 9.17) is 10.8 Å². The molecule has 21 heavy (non-hydrogen) atoms. The average Bonchev–Trinajstić information content (AvgIpc) is 2.44. The number of nitrogens with two attached hydrogens (primary N) is 1. The van der Waals surface area contributed by atoms with Crippen LogP contribution in [0.3, 0.4) is 0 Å². The minimum atomic E-state index is -1.21. The first-order chi connectivity index (χ1) is 9.81. The van der Waals surface area contributed by atoms with Crippen molar-refractivity contribution in [3.8, 4) is 0 Å². The van der Waals surface area contributed by atoms with Gasteiger partial charge >= 0.3 is 5.97 Å². The van der Waals surface area contributed by atoms with Gasteiger partial charge in [0.05, 0.1) is 4.92 Å². The van der Waals surface area contributed by atoms with Gasteiger partial charge in [0.1, 0.15) is 6.04 Å². The zero-order valence-electron chi connectivity index (χ0n) is 11.1. The molecule has 1 aromatic carbocycles. The second-order valence-electron chi connectivity index (χ2n) is 4.36. The molecule has 0 heterocycles. The second kappa shape index (κ2) is 7.15. The minimum absolute atomic E-state index is 0.0399. The van der Waals surface area contributed by atoms with Gasteiger partial charge in [0.2, 0.25) is 5.91 Å². The van der Waals surface area contributed by atoms with Crippen molar-refractivity contribution < 1.29 is 19.6 Å². The molecule has 8 heteroatoms. The number of benzene rings is 1. The summed E-state index contributed by atoms with van der Waals surface area (Å²) in [5, 5.41) is 21.7. The highest BCUT2D eigenvalue weighted by Gasteiger charge is 2.16. The van der Waals surface area contributed by atoms with Gasteiger partial charge in [-0.15, -0.1) is 0 Å². The molecule has 8 nitrogen and oxygen atoms in total. The maximum Gasteiger partial charge on any atom is 0.320 e. The Morgan fingerprint density at radius 1 is 1.38 bits per heavy atom. The van der Waals surface area contributed by atoms with Gasteiger partial charge in [-0.05, 0) is 5.56 Å². The lowest BCUT2D eigenvalue weighted by Crippen LogP contribution is -2.33. The lowest BCUT2D eigenvalue weighted by atomic mass is 10.1. The Balaban J connectivity index is 2.50. The molecule has 0 bridgehead atoms. The number of non-ortho nitro benzene ring substituents is 1. The van der Waals surface area contributed by atoms with Gasteiger partial charge in [-0.2, -0.15) is 0 Å². The van der Waals surface area contributed by atoms with Crippen LogP contribution in [0.2, 0.25) is 0 Å². The Kier molecular flexibility index (Phi) is 5.56. The number of rotatable bonds is 7. The molecule has 1 rings (SSSR count). The van der Waals surface area contributed by atoms with E-state index in [1.165, 1.54) is 24.3 Å². The van der Waals surface area contributed by atoms with E-state index in [9.17, 15) is 19.7 Å². The molecule has 1 atom stereocenters. The fourth-order valence-electron chi connectivity index (χ4n) is 1.49. The second-order valence-corrected chi connectivity index (χ2v) is 4.36. The maximum absolute atomic E-state index is 11.7. The van der Waals surface area contributed by atoms with Crippen molar-refractivity contribution in [2.75, 3.05) is 0 Å². The fraction of sp³-hybridized carbons (Fsp3) is 0.231. The molecule has 0 aliphatic heterocycles. The molecule has 0 aliphatic rings. The van der Waals surface area contributed by atoms with Crippen LogP contribution in [0.15, 0.2) is 36.4 Å². The summed E-state index contributed by atoms with van der Waals surface area (Å²) in [5.74, 6) is -1.72. The van der Waals surface area contributed by atoms with Crippen molar-refractivity contribution >= 4 is 17.6 Å². The van der Waals surface area contributed by atoms with Gasteiger partial charge in [0, 0.05) is 30.7 Å². The predicted molar refractivity (Wildman–Crippen MR) is 74.3 cm³/mol. The normalized spacial score (nSPS) is 11.5. The number of nitro benzene ring substituents is 1. The summed E-state index contributed by atoms with van der Waals surface area (Å²) in [4.78, 5) is 32.2. The average molecular weight is 293 g/mol. The number of hydrogen-bond acceptors (Lipinski definition) is 5. The Morgan fingerprint density at radius 2 is 1.95 bits per heavy atom. The van der Waals surface area contributed by atoms with Crippen LogP contribution in [0.4, 0.5) is 5.69 Å². The molecule has 1 amide bonds. The molecule has 0 saturated carbocycles. The zero-order chi connectivity index (χ0) is 16.0. The number of nitrogens with one attached hydrogen (secondary N) is 1. The van der Waals surface area contributed by atoms with Crippen LogP contribution >= 0.6 is 0 Å². The number of carboxylic acid groups (broad SMARTS) is 1. The Labute approximate surface area is 120 Å². The van der Waals surface area contributed by atoms with Crippen LogP contribution in [0.25, 0.3) is 0 Å². The lowest BCUT2D eigenvalue weighted by Gasteiger charge is -2.10. The van der Waals surface area contributed by atoms with Crippen LogP contribution in [-0.4, -0.2) is 27.9 Å². The molecule has 0 aromatic heterocycles.